The maximum absolute atomic E-state index is 14.3. The van der Waals surface area contributed by atoms with E-state index in [9.17, 15) is 57.8 Å². The van der Waals surface area contributed by atoms with E-state index in [0.717, 1.165) is 28.0 Å². The zero-order valence-electron chi connectivity index (χ0n) is 66.6. The van der Waals surface area contributed by atoms with Crippen molar-refractivity contribution in [3.05, 3.63) is 98.4 Å². The molecule has 0 fully saturated rings. The second kappa shape index (κ2) is 51.5. The number of nitrogens with zero attached hydrogens (tertiary/aromatic N) is 3. The Bertz CT molecular complexity index is 3980. The summed E-state index contributed by atoms with van der Waals surface area (Å²) in [6, 6.07) is 7.14. The number of hydrogen-bond donors (Lipinski definition) is 9. The highest BCUT2D eigenvalue weighted by molar-refractivity contribution is 6.13. The van der Waals surface area contributed by atoms with Crippen LogP contribution in [0.4, 0.5) is 15.3 Å². The number of alkyl carbamates (subject to hydrolysis) is 1. The van der Waals surface area contributed by atoms with E-state index >= 15 is 0 Å². The summed E-state index contributed by atoms with van der Waals surface area (Å²) in [6.45, 7) is 13.1. The summed E-state index contributed by atoms with van der Waals surface area (Å²) >= 11 is 0. The number of benzene rings is 2. The van der Waals surface area contributed by atoms with Crippen molar-refractivity contribution in [1.82, 2.24) is 46.4 Å². The molecule has 0 spiro atoms. The number of amides is 10. The van der Waals surface area contributed by atoms with Crippen LogP contribution in [-0.2, 0) is 137 Å². The number of aliphatic hydroxyl groups is 1. The lowest BCUT2D eigenvalue weighted by Crippen LogP contribution is -2.58. The molecule has 10 amide bonds. The first kappa shape index (κ1) is 92.8. The summed E-state index contributed by atoms with van der Waals surface area (Å²) < 4.78 is 83.4. The first-order valence-electron chi connectivity index (χ1n) is 39.4. The standard InChI is InChI=1S/C79H111N11O27/c1-52(2)70(75(98)87-62(8-6-19-82-78(80)101)73(96)84-55-11-9-53(10-12-55)50-117-79(102)83-48-58-56-45-54-16-22-115-65(54)47-63(56)86-71-59(58)49-90-64(71)46-57-60(76(90)99)51-116-77(100)72(57)95)88-74(97)61(85-67(92)15-20-89-68(93)13-14-69(89)94)7-4-5-18-81-66(91)17-21-104-25-26-106-29-30-108-33-34-110-37-38-112-41-42-114-44-43-113-40-39-111-36-35-109-32-31-107-28-27-105-24-23-103-3/h9-14,45-47,52,61-62,70,72,95H,4-8,15-44,48-51H2,1-3H3,(H,81,91)(H,83,102)(H,84,96)(H,85,92)(H,87,98)(H,88,97)(H3,80,82,101)/t61-,62-,70-,72-/m0/s1. The van der Waals surface area contributed by atoms with Crippen molar-refractivity contribution in [3.8, 4) is 17.1 Å². The van der Waals surface area contributed by atoms with Crippen molar-refractivity contribution in [2.24, 2.45) is 11.7 Å². The van der Waals surface area contributed by atoms with Crippen molar-refractivity contribution in [3.63, 3.8) is 0 Å². The summed E-state index contributed by atoms with van der Waals surface area (Å²) in [5.74, 6) is -5.09. The van der Waals surface area contributed by atoms with Gasteiger partial charge in [0.15, 0.2) is 6.10 Å². The number of ether oxygens (including phenoxy) is 15. The molecular weight excluding hydrogens is 1530 g/mol. The normalized spacial score (nSPS) is 14.6. The number of aromatic nitrogens is 2. The Labute approximate surface area is 677 Å². The zero-order chi connectivity index (χ0) is 83.5. The van der Waals surface area contributed by atoms with Crippen LogP contribution < -0.4 is 53.2 Å². The van der Waals surface area contributed by atoms with Gasteiger partial charge in [-0.15, -0.1) is 0 Å². The molecule has 117 heavy (non-hydrogen) atoms. The molecule has 0 aliphatic carbocycles. The molecular formula is C79H111N11O27. The van der Waals surface area contributed by atoms with E-state index in [-0.39, 0.29) is 115 Å². The lowest BCUT2D eigenvalue weighted by atomic mass is 9.97. The van der Waals surface area contributed by atoms with Gasteiger partial charge < -0.3 is 124 Å². The molecule has 0 saturated carbocycles. The van der Waals surface area contributed by atoms with E-state index in [1.54, 1.807) is 57.4 Å². The Morgan fingerprint density at radius 3 is 1.70 bits per heavy atom. The van der Waals surface area contributed by atoms with E-state index in [1.165, 1.54) is 4.57 Å². The molecule has 4 aliphatic heterocycles. The molecule has 6 heterocycles. The van der Waals surface area contributed by atoms with Crippen LogP contribution in [0.15, 0.2) is 59.4 Å². The quantitative estimate of drug-likeness (QED) is 0.0150. The molecule has 0 saturated heterocycles. The molecule has 10 N–H and O–H groups in total. The lowest BCUT2D eigenvalue weighted by molar-refractivity contribution is -0.157. The number of anilines is 1. The number of cyclic esters (lactones) is 1. The Morgan fingerprint density at radius 1 is 0.590 bits per heavy atom. The largest absolute Gasteiger partial charge is 0.493 e. The van der Waals surface area contributed by atoms with Gasteiger partial charge in [-0.05, 0) is 79.0 Å². The molecule has 38 heteroatoms. The molecule has 0 unspecified atom stereocenters. The number of urea groups is 1. The van der Waals surface area contributed by atoms with E-state index in [1.807, 2.05) is 6.07 Å². The lowest BCUT2D eigenvalue weighted by Gasteiger charge is -2.27. The Balaban J connectivity index is 0.699. The van der Waals surface area contributed by atoms with Crippen LogP contribution >= 0.6 is 0 Å². The molecule has 0 bridgehead atoms. The van der Waals surface area contributed by atoms with Gasteiger partial charge in [-0.3, -0.25) is 43.3 Å². The third-order valence-corrected chi connectivity index (χ3v) is 18.7. The SMILES string of the molecule is COCCOCCOCCOCCOCCOCCOCCOCCOCCOCCOCCOCCC(=O)NCCCC[C@H](NC(=O)CCN1C(=O)C=CC1=O)C(=O)N[C@H](C(=O)N[C@@H](CCCNC(N)=O)C(=O)Nc1ccc(COC(=O)NCc2c3c(nc4cc5c(cc24)CCO5)-c2cc4c(c(=O)n2C3)COC(=O)[C@H]4O)cc1)C(C)C. The molecule has 644 valence electrons. The number of rotatable bonds is 60. The Morgan fingerprint density at radius 2 is 1.14 bits per heavy atom. The maximum Gasteiger partial charge on any atom is 0.407 e. The number of esters is 1. The van der Waals surface area contributed by atoms with Gasteiger partial charge in [-0.25, -0.2) is 19.4 Å². The van der Waals surface area contributed by atoms with Crippen molar-refractivity contribution in [2.45, 2.75) is 116 Å². The highest BCUT2D eigenvalue weighted by Crippen LogP contribution is 2.40. The topological polar surface area (TPSA) is 478 Å². The summed E-state index contributed by atoms with van der Waals surface area (Å²) in [7, 11) is 1.63. The van der Waals surface area contributed by atoms with Gasteiger partial charge in [0.2, 0.25) is 29.5 Å². The molecule has 4 aromatic rings. The number of aliphatic hydroxyl groups excluding tert-OH is 1. The van der Waals surface area contributed by atoms with Gasteiger partial charge in [0.1, 0.15) is 37.1 Å². The van der Waals surface area contributed by atoms with Gasteiger partial charge in [0.05, 0.1) is 188 Å². The number of pyridine rings is 2. The van der Waals surface area contributed by atoms with Gasteiger partial charge in [-0.2, -0.15) is 0 Å². The number of methoxy groups -OCH3 is 1. The first-order chi connectivity index (χ1) is 56.8. The fraction of sp³-hybridized carbons (Fsp3) is 0.595. The van der Waals surface area contributed by atoms with Crippen molar-refractivity contribution < 1.29 is 124 Å². The maximum atomic E-state index is 14.3. The van der Waals surface area contributed by atoms with E-state index in [2.05, 4.69) is 37.2 Å². The highest BCUT2D eigenvalue weighted by atomic mass is 16.6. The minimum Gasteiger partial charge on any atom is -0.493 e. The molecule has 0 radical (unpaired) electrons. The summed E-state index contributed by atoms with van der Waals surface area (Å²) in [4.78, 5) is 150. The monoisotopic (exact) mass is 1650 g/mol. The summed E-state index contributed by atoms with van der Waals surface area (Å²) in [5.41, 5.74) is 9.63. The third kappa shape index (κ3) is 31.6. The highest BCUT2D eigenvalue weighted by Gasteiger charge is 2.37. The summed E-state index contributed by atoms with van der Waals surface area (Å²) in [5, 5.41) is 30.5. The molecule has 4 aliphatic rings. The van der Waals surface area contributed by atoms with E-state index in [4.69, 9.17) is 81.8 Å². The van der Waals surface area contributed by atoms with E-state index < -0.39 is 89.2 Å². The van der Waals surface area contributed by atoms with Gasteiger partial charge >= 0.3 is 18.1 Å². The number of carbonyl (C=O) groups excluding carboxylic acids is 10. The van der Waals surface area contributed by atoms with Crippen LogP contribution in [0.2, 0.25) is 0 Å². The summed E-state index contributed by atoms with van der Waals surface area (Å²) in [6.07, 6.45) is 1.02. The number of primary amides is 1. The second-order valence-electron chi connectivity index (χ2n) is 27.6. The average molecular weight is 1650 g/mol. The van der Waals surface area contributed by atoms with Crippen LogP contribution in [0.25, 0.3) is 22.3 Å². The minimum absolute atomic E-state index is 0.00814. The number of nitrogens with two attached hydrogens (primary N) is 1. The predicted octanol–water partition coefficient (Wildman–Crippen LogP) is 1.19. The van der Waals surface area contributed by atoms with Gasteiger partial charge in [0.25, 0.3) is 17.4 Å². The fourth-order valence-corrected chi connectivity index (χ4v) is 12.5. The number of nitrogens with one attached hydrogen (secondary N) is 7. The molecule has 2 aromatic heterocycles. The molecule has 2 aromatic carbocycles. The Kier molecular flexibility index (Phi) is 40.9. The van der Waals surface area contributed by atoms with Crippen LogP contribution in [0, 0.1) is 5.92 Å². The molecule has 38 nitrogen and oxygen atoms in total. The zero-order valence-corrected chi connectivity index (χ0v) is 66.6. The number of hydrogen-bond acceptors (Lipinski definition) is 28. The van der Waals surface area contributed by atoms with Gasteiger partial charge in [0, 0.05) is 93.0 Å². The number of fused-ring (bicyclic) bond motifs is 6. The smallest absolute Gasteiger partial charge is 0.407 e. The Hall–Kier alpha value is -9.68. The fourth-order valence-electron chi connectivity index (χ4n) is 12.5. The van der Waals surface area contributed by atoms with Crippen LogP contribution in [-0.4, -0.2) is 282 Å². The number of carbonyl (C=O) groups is 10. The second-order valence-corrected chi connectivity index (χ2v) is 27.6. The first-order valence-corrected chi connectivity index (χ1v) is 39.4. The van der Waals surface area contributed by atoms with Gasteiger partial charge in [-0.1, -0.05) is 26.0 Å². The molecule has 4 atom stereocenters. The van der Waals surface area contributed by atoms with Crippen LogP contribution in [0.1, 0.15) is 98.3 Å². The van der Waals surface area contributed by atoms with Crippen LogP contribution in [0.3, 0.4) is 0 Å². The molecule has 8 rings (SSSR count). The minimum atomic E-state index is -1.64. The number of imide groups is 1. The predicted molar refractivity (Wildman–Crippen MR) is 417 cm³/mol. The average Bonchev–Trinajstić information content (AvgIpc) is 1.62. The van der Waals surface area contributed by atoms with Crippen molar-refractivity contribution in [2.75, 3.05) is 191 Å². The van der Waals surface area contributed by atoms with Crippen molar-refractivity contribution >= 4 is 76.0 Å². The third-order valence-electron chi connectivity index (χ3n) is 18.7. The van der Waals surface area contributed by atoms with Crippen LogP contribution in [0.5, 0.6) is 5.75 Å². The van der Waals surface area contributed by atoms with E-state index in [0.29, 0.717) is 203 Å². The number of unbranched alkanes of at least 4 members (excludes halogenated alkanes) is 1. The van der Waals surface area contributed by atoms with Crippen molar-refractivity contribution in [1.29, 1.82) is 0 Å².